The zero-order valence-corrected chi connectivity index (χ0v) is 15.1. The largest absolute Gasteiger partial charge is 0.306 e. The molecule has 134 valence electrons. The molecule has 0 aliphatic carbocycles. The third-order valence-electron chi connectivity index (χ3n) is 4.87. The van der Waals surface area contributed by atoms with E-state index in [4.69, 9.17) is 4.98 Å². The Balaban J connectivity index is 1.57. The van der Waals surface area contributed by atoms with E-state index in [0.29, 0.717) is 12.4 Å². The Labute approximate surface area is 151 Å². The molecule has 0 bridgehead atoms. The minimum absolute atomic E-state index is 0.0486. The molecule has 4 heterocycles. The summed E-state index contributed by atoms with van der Waals surface area (Å²) in [6.07, 6.45) is 6.28. The number of H-pyrrole nitrogens is 1. The van der Waals surface area contributed by atoms with Crippen LogP contribution in [0.15, 0.2) is 35.5 Å². The monoisotopic (exact) mass is 350 g/mol. The first-order chi connectivity index (χ1) is 12.6. The van der Waals surface area contributed by atoms with Gasteiger partial charge in [-0.25, -0.2) is 4.98 Å². The third-order valence-corrected chi connectivity index (χ3v) is 4.87. The van der Waals surface area contributed by atoms with Crippen molar-refractivity contribution in [2.75, 3.05) is 6.54 Å². The zero-order chi connectivity index (χ0) is 18.1. The van der Waals surface area contributed by atoms with Gasteiger partial charge in [0.2, 0.25) is 0 Å². The molecule has 1 aliphatic rings. The van der Waals surface area contributed by atoms with Crippen LogP contribution in [0, 0.1) is 6.92 Å². The first-order valence-electron chi connectivity index (χ1n) is 8.91. The van der Waals surface area contributed by atoms with E-state index < -0.39 is 0 Å². The van der Waals surface area contributed by atoms with E-state index in [2.05, 4.69) is 33.1 Å². The van der Waals surface area contributed by atoms with Crippen LogP contribution in [0.1, 0.15) is 29.4 Å². The molecule has 0 atom stereocenters. The summed E-state index contributed by atoms with van der Waals surface area (Å²) in [5.41, 5.74) is 4.77. The van der Waals surface area contributed by atoms with Crippen LogP contribution in [-0.4, -0.2) is 36.2 Å². The normalized spacial score (nSPS) is 14.4. The summed E-state index contributed by atoms with van der Waals surface area (Å²) in [5.74, 6) is 0.615. The van der Waals surface area contributed by atoms with Gasteiger partial charge in [-0.1, -0.05) is 0 Å². The van der Waals surface area contributed by atoms with Crippen LogP contribution >= 0.6 is 0 Å². The number of pyridine rings is 1. The second-order valence-electron chi connectivity index (χ2n) is 6.63. The van der Waals surface area contributed by atoms with Gasteiger partial charge in [0.15, 0.2) is 0 Å². The molecule has 3 aromatic rings. The smallest absolute Gasteiger partial charge is 0.255 e. The van der Waals surface area contributed by atoms with Gasteiger partial charge in [0.25, 0.3) is 5.56 Å². The third kappa shape index (κ3) is 3.17. The molecule has 7 nitrogen and oxygen atoms in total. The Morgan fingerprint density at radius 2 is 2.08 bits per heavy atom. The molecular weight excluding hydrogens is 328 g/mol. The maximum Gasteiger partial charge on any atom is 0.255 e. The quantitative estimate of drug-likeness (QED) is 0.777. The second kappa shape index (κ2) is 6.84. The lowest BCUT2D eigenvalue weighted by Crippen LogP contribution is -2.35. The van der Waals surface area contributed by atoms with E-state index in [1.54, 1.807) is 12.4 Å². The van der Waals surface area contributed by atoms with Crippen molar-refractivity contribution >= 4 is 0 Å². The van der Waals surface area contributed by atoms with Gasteiger partial charge in [-0.15, -0.1) is 0 Å². The minimum atomic E-state index is -0.0486. The van der Waals surface area contributed by atoms with Gasteiger partial charge < -0.3 is 4.98 Å². The van der Waals surface area contributed by atoms with E-state index in [0.717, 1.165) is 48.6 Å². The minimum Gasteiger partial charge on any atom is -0.306 e. The van der Waals surface area contributed by atoms with Crippen molar-refractivity contribution < 1.29 is 0 Å². The number of hydrogen-bond acceptors (Lipinski definition) is 5. The van der Waals surface area contributed by atoms with Gasteiger partial charge in [-0.3, -0.25) is 19.4 Å². The molecule has 0 unspecified atom stereocenters. The summed E-state index contributed by atoms with van der Waals surface area (Å²) in [7, 11) is 0. The van der Waals surface area contributed by atoms with E-state index in [1.807, 2.05) is 23.7 Å². The molecule has 1 N–H and O–H groups in total. The molecule has 0 aromatic carbocycles. The van der Waals surface area contributed by atoms with Gasteiger partial charge >= 0.3 is 0 Å². The van der Waals surface area contributed by atoms with E-state index in [1.165, 1.54) is 5.56 Å². The fourth-order valence-electron chi connectivity index (χ4n) is 3.38. The summed E-state index contributed by atoms with van der Waals surface area (Å²) < 4.78 is 1.96. The molecule has 26 heavy (non-hydrogen) atoms. The van der Waals surface area contributed by atoms with Crippen LogP contribution in [0.5, 0.6) is 0 Å². The van der Waals surface area contributed by atoms with Crippen molar-refractivity contribution in [2.24, 2.45) is 0 Å². The molecule has 0 saturated heterocycles. The first kappa shape index (κ1) is 16.7. The van der Waals surface area contributed by atoms with Crippen LogP contribution < -0.4 is 5.56 Å². The second-order valence-corrected chi connectivity index (χ2v) is 6.63. The highest BCUT2D eigenvalue weighted by Crippen LogP contribution is 2.20. The van der Waals surface area contributed by atoms with Crippen molar-refractivity contribution in [3.8, 4) is 11.4 Å². The van der Waals surface area contributed by atoms with Crippen molar-refractivity contribution in [2.45, 2.75) is 39.9 Å². The van der Waals surface area contributed by atoms with Gasteiger partial charge in [0, 0.05) is 62.3 Å². The highest BCUT2D eigenvalue weighted by molar-refractivity contribution is 5.54. The Morgan fingerprint density at radius 3 is 2.81 bits per heavy atom. The Kier molecular flexibility index (Phi) is 4.38. The highest BCUT2D eigenvalue weighted by Gasteiger charge is 2.22. The first-order valence-corrected chi connectivity index (χ1v) is 8.91. The van der Waals surface area contributed by atoms with Crippen molar-refractivity contribution in [1.82, 2.24) is 29.6 Å². The summed E-state index contributed by atoms with van der Waals surface area (Å²) in [4.78, 5) is 26.5. The topological polar surface area (TPSA) is 79.7 Å². The predicted octanol–water partition coefficient (Wildman–Crippen LogP) is 1.92. The van der Waals surface area contributed by atoms with Crippen LogP contribution in [0.4, 0.5) is 0 Å². The molecular formula is C19H22N6O. The summed E-state index contributed by atoms with van der Waals surface area (Å²) in [5, 5.41) is 4.51. The lowest BCUT2D eigenvalue weighted by atomic mass is 10.1. The summed E-state index contributed by atoms with van der Waals surface area (Å²) >= 11 is 0. The predicted molar refractivity (Wildman–Crippen MR) is 98.5 cm³/mol. The van der Waals surface area contributed by atoms with E-state index >= 15 is 0 Å². The van der Waals surface area contributed by atoms with Gasteiger partial charge in [-0.2, -0.15) is 5.10 Å². The molecule has 0 fully saturated rings. The Morgan fingerprint density at radius 1 is 1.27 bits per heavy atom. The number of nitrogens with one attached hydrogen (secondary N) is 1. The number of hydrogen-bond donors (Lipinski definition) is 1. The molecule has 0 amide bonds. The average molecular weight is 350 g/mol. The molecule has 0 saturated carbocycles. The standard InChI is InChI=1S/C19H22N6O/c1-3-25-11-15(13(2)23-25)10-24-9-6-17-16(12-24)19(26)22-18(21-17)14-4-7-20-8-5-14/h4-5,7-8,11H,3,6,9-10,12H2,1-2H3,(H,21,22,26). The van der Waals surface area contributed by atoms with E-state index in [9.17, 15) is 4.79 Å². The van der Waals surface area contributed by atoms with Crippen molar-refractivity contribution in [3.63, 3.8) is 0 Å². The Hall–Kier alpha value is -2.80. The molecule has 7 heteroatoms. The number of aromatic amines is 1. The maximum atomic E-state index is 12.6. The number of fused-ring (bicyclic) bond motifs is 1. The maximum absolute atomic E-state index is 12.6. The average Bonchev–Trinajstić information content (AvgIpc) is 3.02. The van der Waals surface area contributed by atoms with Gasteiger partial charge in [-0.05, 0) is 26.0 Å². The molecule has 0 radical (unpaired) electrons. The molecule has 4 rings (SSSR count). The zero-order valence-electron chi connectivity index (χ0n) is 15.1. The van der Waals surface area contributed by atoms with Crippen LogP contribution in [-0.2, 0) is 26.1 Å². The number of nitrogens with zero attached hydrogens (tertiary/aromatic N) is 5. The van der Waals surface area contributed by atoms with Crippen molar-refractivity contribution in [3.05, 3.63) is 63.6 Å². The van der Waals surface area contributed by atoms with Crippen LogP contribution in [0.2, 0.25) is 0 Å². The summed E-state index contributed by atoms with van der Waals surface area (Å²) in [6, 6.07) is 3.71. The molecule has 1 aliphatic heterocycles. The SMILES string of the molecule is CCn1cc(CN2CCc3nc(-c4ccncc4)[nH]c(=O)c3C2)c(C)n1. The molecule has 3 aromatic heterocycles. The number of aromatic nitrogens is 5. The summed E-state index contributed by atoms with van der Waals surface area (Å²) in [6.45, 7) is 7.29. The van der Waals surface area contributed by atoms with Crippen molar-refractivity contribution in [1.29, 1.82) is 0 Å². The fourth-order valence-corrected chi connectivity index (χ4v) is 3.38. The van der Waals surface area contributed by atoms with Crippen LogP contribution in [0.25, 0.3) is 11.4 Å². The van der Waals surface area contributed by atoms with E-state index in [-0.39, 0.29) is 5.56 Å². The van der Waals surface area contributed by atoms with Crippen LogP contribution in [0.3, 0.4) is 0 Å². The molecule has 0 spiro atoms. The Bertz CT molecular complexity index is 975. The van der Waals surface area contributed by atoms with Gasteiger partial charge in [0.05, 0.1) is 17.0 Å². The number of rotatable bonds is 4. The lowest BCUT2D eigenvalue weighted by Gasteiger charge is -2.27. The van der Waals surface area contributed by atoms with Gasteiger partial charge in [0.1, 0.15) is 5.82 Å². The highest BCUT2D eigenvalue weighted by atomic mass is 16.1. The lowest BCUT2D eigenvalue weighted by molar-refractivity contribution is 0.241. The fraction of sp³-hybridized carbons (Fsp3) is 0.368. The number of aryl methyl sites for hydroxylation is 2.